The molecule has 2 aliphatic rings. The van der Waals surface area contributed by atoms with Crippen LogP contribution in [0.2, 0.25) is 0 Å². The summed E-state index contributed by atoms with van der Waals surface area (Å²) < 4.78 is 0. The highest BCUT2D eigenvalue weighted by molar-refractivity contribution is 5.94. The maximum absolute atomic E-state index is 11.0. The van der Waals surface area contributed by atoms with Gasteiger partial charge in [-0.25, -0.2) is 9.78 Å². The molecule has 0 atom stereocenters. The predicted octanol–water partition coefficient (Wildman–Crippen LogP) is 0.0890. The minimum Gasteiger partial charge on any atom is -0.244 e. The summed E-state index contributed by atoms with van der Waals surface area (Å²) in [6.45, 7) is 0. The van der Waals surface area contributed by atoms with E-state index >= 15 is 0 Å². The normalized spacial score (nSPS) is 15.9. The lowest BCUT2D eigenvalue weighted by Gasteiger charge is -1.98. The van der Waals surface area contributed by atoms with Gasteiger partial charge in [-0.05, 0) is 0 Å². The first-order valence-corrected chi connectivity index (χ1v) is 3.91. The highest BCUT2D eigenvalue weighted by Gasteiger charge is 2.11. The van der Waals surface area contributed by atoms with Gasteiger partial charge >= 0.3 is 6.03 Å². The molecular weight excluding hydrogens is 182 g/mol. The van der Waals surface area contributed by atoms with E-state index in [1.807, 2.05) is 0 Å². The highest BCUT2D eigenvalue weighted by Crippen LogP contribution is 2.05. The van der Waals surface area contributed by atoms with E-state index in [0.717, 1.165) is 0 Å². The summed E-state index contributed by atoms with van der Waals surface area (Å²) in [5.41, 5.74) is 0.715. The Morgan fingerprint density at radius 3 is 3.14 bits per heavy atom. The lowest BCUT2D eigenvalue weighted by molar-refractivity contribution is 0.256. The molecule has 6 heteroatoms. The molecule has 0 aromatic carbocycles. The van der Waals surface area contributed by atoms with Gasteiger partial charge in [0.1, 0.15) is 0 Å². The Labute approximate surface area is 77.4 Å². The van der Waals surface area contributed by atoms with E-state index in [9.17, 15) is 4.79 Å². The van der Waals surface area contributed by atoms with Gasteiger partial charge in [0, 0.05) is 18.0 Å². The van der Waals surface area contributed by atoms with E-state index in [-0.39, 0.29) is 0 Å². The van der Waals surface area contributed by atoms with Crippen molar-refractivity contribution in [2.24, 2.45) is 20.2 Å². The molecule has 6 nitrogen and oxygen atoms in total. The molecule has 2 aliphatic heterocycles. The van der Waals surface area contributed by atoms with Crippen LogP contribution in [0.5, 0.6) is 0 Å². The molecule has 0 N–H and O–H groups in total. The first-order chi connectivity index (χ1) is 6.84. The summed E-state index contributed by atoms with van der Waals surface area (Å²) in [5.74, 6) is 0.496. The molecule has 0 fully saturated rings. The number of carbonyl (C=O) groups excluding carboxylic acids is 1. The second kappa shape index (κ2) is 2.38. The van der Waals surface area contributed by atoms with Gasteiger partial charge in [-0.1, -0.05) is 0 Å². The Hall–Kier alpha value is -2.24. The third kappa shape index (κ3) is 0.846. The van der Waals surface area contributed by atoms with Crippen molar-refractivity contribution in [3.05, 3.63) is 22.3 Å². The molecule has 14 heavy (non-hydrogen) atoms. The number of aliphatic imine (C=N–C) groups is 1. The van der Waals surface area contributed by atoms with Crippen LogP contribution in [0, 0.1) is 0 Å². The van der Waals surface area contributed by atoms with Crippen molar-refractivity contribution in [1.29, 1.82) is 0 Å². The van der Waals surface area contributed by atoms with Crippen LogP contribution in [0.4, 0.5) is 10.6 Å². The zero-order valence-electron chi connectivity index (χ0n) is 6.88. The standard InChI is InChI=1S/C8H3N5O/c14-8-10-2-4-1-9-7-5(3-11-13-7)6(4)12-8/h1-3H. The van der Waals surface area contributed by atoms with E-state index < -0.39 is 6.03 Å². The highest BCUT2D eigenvalue weighted by atomic mass is 16.2. The number of rotatable bonds is 0. The molecule has 0 bridgehead atoms. The van der Waals surface area contributed by atoms with Crippen LogP contribution in [0.25, 0.3) is 6.20 Å². The molecule has 0 saturated heterocycles. The first kappa shape index (κ1) is 7.19. The molecule has 1 aromatic rings. The summed E-state index contributed by atoms with van der Waals surface area (Å²) in [5, 5.41) is 8.72. The molecule has 0 aliphatic carbocycles. The number of amides is 2. The minimum absolute atomic E-state index is 0.496. The van der Waals surface area contributed by atoms with E-state index in [4.69, 9.17) is 0 Å². The van der Waals surface area contributed by atoms with Crippen LogP contribution in [-0.4, -0.2) is 17.2 Å². The number of urea groups is 1. The van der Waals surface area contributed by atoms with Crippen molar-refractivity contribution in [3.8, 4) is 0 Å². The number of fused-ring (bicyclic) bond motifs is 3. The Morgan fingerprint density at radius 1 is 1.29 bits per heavy atom. The molecule has 0 radical (unpaired) electrons. The number of pyridine rings is 1. The Bertz CT molecular complexity index is 613. The van der Waals surface area contributed by atoms with Crippen molar-refractivity contribution in [2.75, 3.05) is 0 Å². The zero-order valence-corrected chi connectivity index (χ0v) is 6.88. The van der Waals surface area contributed by atoms with Gasteiger partial charge in [0.15, 0.2) is 5.82 Å². The second-order valence-corrected chi connectivity index (χ2v) is 2.80. The smallest absolute Gasteiger partial charge is 0.244 e. The van der Waals surface area contributed by atoms with Crippen LogP contribution in [0.3, 0.4) is 0 Å². The Balaban J connectivity index is 2.51. The number of carbonyl (C=O) groups is 1. The molecule has 66 valence electrons. The Morgan fingerprint density at radius 2 is 2.21 bits per heavy atom. The maximum Gasteiger partial charge on any atom is 0.367 e. The lowest BCUT2D eigenvalue weighted by Crippen LogP contribution is -2.32. The van der Waals surface area contributed by atoms with Gasteiger partial charge in [0.25, 0.3) is 0 Å². The summed E-state index contributed by atoms with van der Waals surface area (Å²) in [7, 11) is 0. The largest absolute Gasteiger partial charge is 0.367 e. The van der Waals surface area contributed by atoms with Crippen molar-refractivity contribution in [2.45, 2.75) is 0 Å². The zero-order chi connectivity index (χ0) is 9.54. The molecule has 0 saturated carbocycles. The van der Waals surface area contributed by atoms with Crippen LogP contribution in [-0.2, 0) is 0 Å². The quantitative estimate of drug-likeness (QED) is 0.574. The molecule has 2 amide bonds. The molecule has 0 spiro atoms. The number of nitrogens with zero attached hydrogens (tertiary/aromatic N) is 5. The van der Waals surface area contributed by atoms with E-state index in [2.05, 4.69) is 25.2 Å². The topological polar surface area (TPSA) is 79.4 Å². The molecular formula is C8H3N5O. The fourth-order valence-electron chi connectivity index (χ4n) is 1.33. The molecule has 3 heterocycles. The second-order valence-electron chi connectivity index (χ2n) is 2.80. The predicted molar refractivity (Wildman–Crippen MR) is 47.0 cm³/mol. The average molecular weight is 185 g/mol. The van der Waals surface area contributed by atoms with E-state index in [1.165, 1.54) is 12.4 Å². The number of azo groups is 1. The third-order valence-corrected chi connectivity index (χ3v) is 1.96. The van der Waals surface area contributed by atoms with Crippen LogP contribution < -0.4 is 10.6 Å². The van der Waals surface area contributed by atoms with Crippen molar-refractivity contribution >= 4 is 24.3 Å². The van der Waals surface area contributed by atoms with E-state index in [0.29, 0.717) is 22.0 Å². The average Bonchev–Trinajstić information content (AvgIpc) is 2.65. The van der Waals surface area contributed by atoms with Crippen molar-refractivity contribution in [3.63, 3.8) is 0 Å². The maximum atomic E-state index is 11.0. The lowest BCUT2D eigenvalue weighted by atomic mass is 10.2. The summed E-state index contributed by atoms with van der Waals surface area (Å²) in [4.78, 5) is 22.3. The molecule has 0 unspecified atom stereocenters. The van der Waals surface area contributed by atoms with Crippen LogP contribution in [0.15, 0.2) is 26.4 Å². The Kier molecular flexibility index (Phi) is 1.22. The van der Waals surface area contributed by atoms with Gasteiger partial charge in [-0.2, -0.15) is 15.1 Å². The van der Waals surface area contributed by atoms with Crippen molar-refractivity contribution in [1.82, 2.24) is 4.98 Å². The number of hydrogen-bond acceptors (Lipinski definition) is 4. The van der Waals surface area contributed by atoms with Gasteiger partial charge in [0.2, 0.25) is 0 Å². The van der Waals surface area contributed by atoms with Gasteiger partial charge in [-0.15, -0.1) is 5.11 Å². The molecule has 3 rings (SSSR count). The summed E-state index contributed by atoms with van der Waals surface area (Å²) >= 11 is 0. The monoisotopic (exact) mass is 185 g/mol. The SMILES string of the molecule is O=C1N=Cc2cnc3c(c2=N1)=CN=N3. The fourth-order valence-corrected chi connectivity index (χ4v) is 1.33. The van der Waals surface area contributed by atoms with Gasteiger partial charge in [0.05, 0.1) is 16.8 Å². The van der Waals surface area contributed by atoms with Gasteiger partial charge < -0.3 is 0 Å². The summed E-state index contributed by atoms with van der Waals surface area (Å²) in [6.07, 6.45) is 4.56. The fraction of sp³-hybridized carbons (Fsp3) is 0. The number of hydrogen-bond donors (Lipinski definition) is 0. The summed E-state index contributed by atoms with van der Waals surface area (Å²) in [6, 6.07) is -0.508. The van der Waals surface area contributed by atoms with Crippen LogP contribution >= 0.6 is 0 Å². The van der Waals surface area contributed by atoms with Crippen molar-refractivity contribution < 1.29 is 4.79 Å². The van der Waals surface area contributed by atoms with E-state index in [1.54, 1.807) is 6.20 Å². The first-order valence-electron chi connectivity index (χ1n) is 3.91. The van der Waals surface area contributed by atoms with Gasteiger partial charge in [-0.3, -0.25) is 0 Å². The third-order valence-electron chi connectivity index (χ3n) is 1.96. The number of aromatic nitrogens is 1. The minimum atomic E-state index is -0.508. The molecule has 1 aromatic heterocycles. The van der Waals surface area contributed by atoms with Crippen LogP contribution in [0.1, 0.15) is 5.56 Å².